The molecule has 4 nitrogen and oxygen atoms in total. The van der Waals surface area contributed by atoms with E-state index in [2.05, 4.69) is 19.9 Å². The maximum atomic E-state index is 13.4. The van der Waals surface area contributed by atoms with Crippen molar-refractivity contribution in [1.82, 2.24) is 0 Å². The summed E-state index contributed by atoms with van der Waals surface area (Å²) in [5.74, 6) is 1.77. The summed E-state index contributed by atoms with van der Waals surface area (Å²) in [6.07, 6.45) is 10.7. The van der Waals surface area contributed by atoms with Crippen molar-refractivity contribution < 1.29 is 19.1 Å². The van der Waals surface area contributed by atoms with Crippen LogP contribution in [0.3, 0.4) is 0 Å². The van der Waals surface area contributed by atoms with Crippen LogP contribution in [0.25, 0.3) is 0 Å². The van der Waals surface area contributed by atoms with Crippen LogP contribution in [0.4, 0.5) is 0 Å². The van der Waals surface area contributed by atoms with E-state index in [-0.39, 0.29) is 40.9 Å². The third kappa shape index (κ3) is 3.91. The summed E-state index contributed by atoms with van der Waals surface area (Å²) in [6, 6.07) is 10.1. The van der Waals surface area contributed by atoms with Gasteiger partial charge in [-0.3, -0.25) is 9.59 Å². The second-order valence-electron chi connectivity index (χ2n) is 11.9. The molecule has 0 unspecified atom stereocenters. The van der Waals surface area contributed by atoms with Crippen molar-refractivity contribution in [3.63, 3.8) is 0 Å². The standard InChI is InChI=1S/C30H40O4/c1-19(21-8-6-5-7-9-21)33-28(32)27-13-12-25-24-11-10-22-18-23(34-20(2)31)14-16-29(22,3)26(24)15-17-30(25,27)4/h5-9,18-19,23-27H,10-17H2,1-4H3/t19-,23-,24-,25-,26-,27+,29-,30-/m0/s1. The van der Waals surface area contributed by atoms with E-state index < -0.39 is 0 Å². The van der Waals surface area contributed by atoms with Gasteiger partial charge in [0.25, 0.3) is 0 Å². The van der Waals surface area contributed by atoms with Crippen molar-refractivity contribution in [3.05, 3.63) is 47.5 Å². The van der Waals surface area contributed by atoms with Crippen LogP contribution >= 0.6 is 0 Å². The van der Waals surface area contributed by atoms with Crippen LogP contribution in [0.15, 0.2) is 42.0 Å². The van der Waals surface area contributed by atoms with Gasteiger partial charge < -0.3 is 9.47 Å². The zero-order chi connectivity index (χ0) is 24.1. The fourth-order valence-corrected chi connectivity index (χ4v) is 8.44. The zero-order valence-corrected chi connectivity index (χ0v) is 21.2. The first-order valence-electron chi connectivity index (χ1n) is 13.4. The van der Waals surface area contributed by atoms with Gasteiger partial charge in [-0.05, 0) is 98.5 Å². The molecule has 0 N–H and O–H groups in total. The summed E-state index contributed by atoms with van der Waals surface area (Å²) in [5.41, 5.74) is 2.83. The SMILES string of the molecule is CC(=O)O[C@@H]1C=C2CC[C@H]3[C@@H]4CC[C@H](C(=O)O[C@@H](C)c5ccccc5)[C@@]4(C)CC[C@@H]3[C@@]2(C)CC1. The first-order valence-corrected chi connectivity index (χ1v) is 13.4. The van der Waals surface area contributed by atoms with Crippen molar-refractivity contribution in [2.75, 3.05) is 0 Å². The van der Waals surface area contributed by atoms with E-state index in [4.69, 9.17) is 9.47 Å². The Labute approximate surface area is 204 Å². The van der Waals surface area contributed by atoms with Gasteiger partial charge in [0.05, 0.1) is 5.92 Å². The Morgan fingerprint density at radius 1 is 0.971 bits per heavy atom. The van der Waals surface area contributed by atoms with Crippen molar-refractivity contribution in [3.8, 4) is 0 Å². The molecule has 1 aromatic carbocycles. The molecule has 0 bridgehead atoms. The predicted molar refractivity (Wildman–Crippen MR) is 132 cm³/mol. The van der Waals surface area contributed by atoms with Gasteiger partial charge in [0.15, 0.2) is 0 Å². The third-order valence-electron chi connectivity index (χ3n) is 10.2. The summed E-state index contributed by atoms with van der Waals surface area (Å²) in [7, 11) is 0. The lowest BCUT2D eigenvalue weighted by atomic mass is 9.47. The average Bonchev–Trinajstić information content (AvgIpc) is 3.17. The zero-order valence-electron chi connectivity index (χ0n) is 21.2. The molecular formula is C30H40O4. The van der Waals surface area contributed by atoms with Gasteiger partial charge in [-0.15, -0.1) is 0 Å². The number of carbonyl (C=O) groups is 2. The first-order chi connectivity index (χ1) is 16.2. The average molecular weight is 465 g/mol. The second-order valence-corrected chi connectivity index (χ2v) is 11.9. The second kappa shape index (κ2) is 8.84. The molecule has 4 heteroatoms. The van der Waals surface area contributed by atoms with Crippen LogP contribution in [0.5, 0.6) is 0 Å². The molecule has 184 valence electrons. The molecule has 4 aliphatic rings. The van der Waals surface area contributed by atoms with E-state index >= 15 is 0 Å². The predicted octanol–water partition coefficient (Wildman–Crippen LogP) is 6.80. The lowest BCUT2D eigenvalue weighted by Crippen LogP contribution is -2.51. The molecule has 34 heavy (non-hydrogen) atoms. The highest BCUT2D eigenvalue weighted by atomic mass is 16.5. The van der Waals surface area contributed by atoms with Crippen LogP contribution < -0.4 is 0 Å². The number of esters is 2. The van der Waals surface area contributed by atoms with E-state index in [1.54, 1.807) is 0 Å². The molecule has 4 aliphatic carbocycles. The van der Waals surface area contributed by atoms with Crippen molar-refractivity contribution in [2.45, 2.75) is 91.3 Å². The van der Waals surface area contributed by atoms with Crippen LogP contribution in [-0.4, -0.2) is 18.0 Å². The largest absolute Gasteiger partial charge is 0.458 e. The quantitative estimate of drug-likeness (QED) is 0.363. The first kappa shape index (κ1) is 23.6. The number of benzene rings is 1. The number of ether oxygens (including phenoxy) is 2. The number of allylic oxidation sites excluding steroid dienone is 1. The molecule has 0 amide bonds. The Bertz CT molecular complexity index is 967. The number of rotatable bonds is 4. The minimum absolute atomic E-state index is 0.00398. The number of hydrogen-bond donors (Lipinski definition) is 0. The van der Waals surface area contributed by atoms with E-state index in [1.165, 1.54) is 25.3 Å². The molecule has 0 spiro atoms. The highest BCUT2D eigenvalue weighted by molar-refractivity contribution is 5.74. The molecule has 1 aromatic rings. The van der Waals surface area contributed by atoms with E-state index in [0.717, 1.165) is 44.1 Å². The molecule has 0 radical (unpaired) electrons. The van der Waals surface area contributed by atoms with Crippen LogP contribution in [-0.2, 0) is 19.1 Å². The van der Waals surface area contributed by atoms with Crippen molar-refractivity contribution >= 4 is 11.9 Å². The smallest absolute Gasteiger partial charge is 0.310 e. The molecule has 0 saturated heterocycles. The monoisotopic (exact) mass is 464 g/mol. The maximum Gasteiger partial charge on any atom is 0.310 e. The summed E-state index contributed by atoms with van der Waals surface area (Å²) >= 11 is 0. The van der Waals surface area contributed by atoms with Crippen molar-refractivity contribution in [2.24, 2.45) is 34.5 Å². The molecule has 0 heterocycles. The van der Waals surface area contributed by atoms with Gasteiger partial charge in [-0.25, -0.2) is 0 Å². The normalized spacial score (nSPS) is 39.6. The fourth-order valence-electron chi connectivity index (χ4n) is 8.44. The van der Waals surface area contributed by atoms with Gasteiger partial charge in [0.1, 0.15) is 12.2 Å². The van der Waals surface area contributed by atoms with Crippen LogP contribution in [0.2, 0.25) is 0 Å². The lowest BCUT2D eigenvalue weighted by Gasteiger charge is -2.58. The molecular weight excluding hydrogens is 424 g/mol. The van der Waals surface area contributed by atoms with Crippen molar-refractivity contribution in [1.29, 1.82) is 0 Å². The number of fused-ring (bicyclic) bond motifs is 5. The summed E-state index contributed by atoms with van der Waals surface area (Å²) < 4.78 is 11.6. The van der Waals surface area contributed by atoms with E-state index in [0.29, 0.717) is 17.8 Å². The minimum Gasteiger partial charge on any atom is -0.458 e. The number of carbonyl (C=O) groups excluding carboxylic acids is 2. The Kier molecular flexibility index (Phi) is 6.14. The topological polar surface area (TPSA) is 52.6 Å². The fraction of sp³-hybridized carbons (Fsp3) is 0.667. The van der Waals surface area contributed by atoms with Gasteiger partial charge in [-0.2, -0.15) is 0 Å². The van der Waals surface area contributed by atoms with Gasteiger partial charge in [0.2, 0.25) is 0 Å². The molecule has 5 rings (SSSR count). The molecule has 0 aliphatic heterocycles. The highest BCUT2D eigenvalue weighted by Gasteiger charge is 2.60. The Morgan fingerprint density at radius 2 is 1.74 bits per heavy atom. The lowest BCUT2D eigenvalue weighted by molar-refractivity contribution is -0.161. The van der Waals surface area contributed by atoms with E-state index in [1.807, 2.05) is 37.3 Å². The van der Waals surface area contributed by atoms with Gasteiger partial charge >= 0.3 is 11.9 Å². The minimum atomic E-state index is -0.207. The summed E-state index contributed by atoms with van der Waals surface area (Å²) in [6.45, 7) is 8.34. The molecule has 3 saturated carbocycles. The van der Waals surface area contributed by atoms with Crippen LogP contribution in [0, 0.1) is 34.5 Å². The third-order valence-corrected chi connectivity index (χ3v) is 10.2. The molecule has 3 fully saturated rings. The molecule has 0 aromatic heterocycles. The molecule has 8 atom stereocenters. The summed E-state index contributed by atoms with van der Waals surface area (Å²) in [5, 5.41) is 0. The Balaban J connectivity index is 1.31. The van der Waals surface area contributed by atoms with E-state index in [9.17, 15) is 9.59 Å². The maximum absolute atomic E-state index is 13.4. The number of hydrogen-bond acceptors (Lipinski definition) is 4. The Morgan fingerprint density at radius 3 is 2.47 bits per heavy atom. The highest BCUT2D eigenvalue weighted by Crippen LogP contribution is 2.67. The van der Waals surface area contributed by atoms with Gasteiger partial charge in [-0.1, -0.05) is 49.8 Å². The van der Waals surface area contributed by atoms with Gasteiger partial charge in [0, 0.05) is 6.92 Å². The van der Waals surface area contributed by atoms with Crippen LogP contribution in [0.1, 0.15) is 90.7 Å². The summed E-state index contributed by atoms with van der Waals surface area (Å²) in [4.78, 5) is 24.9. The Hall–Kier alpha value is -2.10.